The van der Waals surface area contributed by atoms with Crippen LogP contribution in [0.1, 0.15) is 56.6 Å². The van der Waals surface area contributed by atoms with E-state index in [0.29, 0.717) is 31.3 Å². The summed E-state index contributed by atoms with van der Waals surface area (Å²) in [6, 6.07) is 25.8. The number of aryl methyl sites for hydroxylation is 1. The predicted molar refractivity (Wildman–Crippen MR) is 159 cm³/mol. The molecule has 0 N–H and O–H groups in total. The van der Waals surface area contributed by atoms with Crippen LogP contribution in [0.5, 0.6) is 17.2 Å². The number of benzene rings is 3. The van der Waals surface area contributed by atoms with Crippen molar-refractivity contribution in [3.63, 3.8) is 0 Å². The number of pyridine rings is 1. The Morgan fingerprint density at radius 1 is 0.744 bits per heavy atom. The topological polar surface area (TPSA) is 49.7 Å². The summed E-state index contributed by atoms with van der Waals surface area (Å²) in [5.41, 5.74) is 2.69. The fourth-order valence-electron chi connectivity index (χ4n) is 4.62. The fraction of sp³-hybridized carbons (Fsp3) is 0.324. The second-order valence-electron chi connectivity index (χ2n) is 9.71. The Hall–Kier alpha value is -3.99. The number of hydrogen-bond donors (Lipinski definition) is 0. The van der Waals surface area contributed by atoms with Gasteiger partial charge in [0.25, 0.3) is 5.56 Å². The SMILES string of the molecule is C=CCOc1c(OCc2ccccc2)c2ccc(OCc3ccccc3)cc2n(CCCCCCCC)c1=O. The molecule has 4 rings (SSSR count). The lowest BCUT2D eigenvalue weighted by molar-refractivity contribution is 0.274. The van der Waals surface area contributed by atoms with Crippen LogP contribution in [-0.4, -0.2) is 11.2 Å². The highest BCUT2D eigenvalue weighted by Crippen LogP contribution is 2.36. The molecular weight excluding hydrogens is 486 g/mol. The molecule has 0 aliphatic rings. The summed E-state index contributed by atoms with van der Waals surface area (Å²) in [6.45, 7) is 7.58. The molecule has 0 radical (unpaired) electrons. The van der Waals surface area contributed by atoms with Gasteiger partial charge in [0, 0.05) is 18.0 Å². The molecule has 1 aromatic heterocycles. The van der Waals surface area contributed by atoms with Gasteiger partial charge in [0.2, 0.25) is 5.75 Å². The van der Waals surface area contributed by atoms with E-state index < -0.39 is 0 Å². The standard InChI is InChI=1S/C34H39NO4/c1-3-5-6-7-8-15-22-35-31-24-29(38-25-27-16-11-9-12-17-27)20-21-30(31)32(33(34(35)36)37-23-4-2)39-26-28-18-13-10-14-19-28/h4,9-14,16-21,24H,2-3,5-8,15,22-23,25-26H2,1H3. The largest absolute Gasteiger partial charge is 0.489 e. The van der Waals surface area contributed by atoms with Crippen LogP contribution in [0.15, 0.2) is 96.3 Å². The quantitative estimate of drug-likeness (QED) is 0.110. The monoisotopic (exact) mass is 525 g/mol. The Balaban J connectivity index is 1.70. The number of hydrogen-bond acceptors (Lipinski definition) is 4. The Labute approximate surface area is 231 Å². The molecule has 39 heavy (non-hydrogen) atoms. The molecule has 0 bridgehead atoms. The molecule has 0 spiro atoms. The van der Waals surface area contributed by atoms with E-state index in [4.69, 9.17) is 14.2 Å². The molecule has 0 saturated carbocycles. The van der Waals surface area contributed by atoms with Gasteiger partial charge < -0.3 is 18.8 Å². The lowest BCUT2D eigenvalue weighted by atomic mass is 10.1. The zero-order chi connectivity index (χ0) is 27.3. The summed E-state index contributed by atoms with van der Waals surface area (Å²) >= 11 is 0. The molecule has 0 aliphatic carbocycles. The average molecular weight is 526 g/mol. The van der Waals surface area contributed by atoms with Gasteiger partial charge >= 0.3 is 0 Å². The second-order valence-corrected chi connectivity index (χ2v) is 9.71. The maximum atomic E-state index is 13.9. The molecule has 204 valence electrons. The third kappa shape index (κ3) is 7.76. The highest BCUT2D eigenvalue weighted by Gasteiger charge is 2.20. The lowest BCUT2D eigenvalue weighted by Gasteiger charge is -2.19. The zero-order valence-electron chi connectivity index (χ0n) is 22.9. The zero-order valence-corrected chi connectivity index (χ0v) is 22.9. The minimum atomic E-state index is -0.193. The van der Waals surface area contributed by atoms with Crippen molar-refractivity contribution in [1.82, 2.24) is 4.57 Å². The first-order valence-electron chi connectivity index (χ1n) is 14.0. The summed E-state index contributed by atoms with van der Waals surface area (Å²) in [7, 11) is 0. The second kappa shape index (κ2) is 14.8. The van der Waals surface area contributed by atoms with Gasteiger partial charge in [-0.3, -0.25) is 4.79 Å². The van der Waals surface area contributed by atoms with Crippen molar-refractivity contribution in [3.05, 3.63) is 113 Å². The molecule has 1 heterocycles. The highest BCUT2D eigenvalue weighted by molar-refractivity contribution is 5.89. The van der Waals surface area contributed by atoms with Crippen LogP contribution in [0.2, 0.25) is 0 Å². The van der Waals surface area contributed by atoms with Crippen LogP contribution < -0.4 is 19.8 Å². The summed E-state index contributed by atoms with van der Waals surface area (Å²) in [4.78, 5) is 13.9. The van der Waals surface area contributed by atoms with Crippen molar-refractivity contribution < 1.29 is 14.2 Å². The van der Waals surface area contributed by atoms with Crippen molar-refractivity contribution in [1.29, 1.82) is 0 Å². The first kappa shape index (κ1) is 28.0. The normalized spacial score (nSPS) is 10.9. The molecule has 4 aromatic rings. The van der Waals surface area contributed by atoms with E-state index in [-0.39, 0.29) is 17.9 Å². The Kier molecular flexibility index (Phi) is 10.6. The molecule has 5 nitrogen and oxygen atoms in total. The van der Waals surface area contributed by atoms with Crippen molar-refractivity contribution >= 4 is 10.9 Å². The summed E-state index contributed by atoms with van der Waals surface area (Å²) < 4.78 is 20.2. The maximum Gasteiger partial charge on any atom is 0.297 e. The molecule has 0 fully saturated rings. The van der Waals surface area contributed by atoms with E-state index in [1.807, 2.05) is 83.4 Å². The average Bonchev–Trinajstić information content (AvgIpc) is 2.98. The number of fused-ring (bicyclic) bond motifs is 1. The van der Waals surface area contributed by atoms with Gasteiger partial charge in [-0.05, 0) is 29.7 Å². The Morgan fingerprint density at radius 2 is 1.38 bits per heavy atom. The molecule has 0 amide bonds. The summed E-state index contributed by atoms with van der Waals surface area (Å²) in [5.74, 6) is 1.38. The summed E-state index contributed by atoms with van der Waals surface area (Å²) in [5, 5.41) is 0.822. The Bertz CT molecular complexity index is 1380. The van der Waals surface area contributed by atoms with Crippen molar-refractivity contribution in [3.8, 4) is 17.2 Å². The lowest BCUT2D eigenvalue weighted by Crippen LogP contribution is -2.24. The van der Waals surface area contributed by atoms with E-state index in [0.717, 1.165) is 34.9 Å². The first-order chi connectivity index (χ1) is 19.2. The van der Waals surface area contributed by atoms with Gasteiger partial charge in [0.15, 0.2) is 5.75 Å². The molecule has 5 heteroatoms. The first-order valence-corrected chi connectivity index (χ1v) is 14.0. The molecule has 0 unspecified atom stereocenters. The van der Waals surface area contributed by atoms with E-state index >= 15 is 0 Å². The van der Waals surface area contributed by atoms with Crippen LogP contribution in [0.3, 0.4) is 0 Å². The van der Waals surface area contributed by atoms with Crippen molar-refractivity contribution in [2.75, 3.05) is 6.61 Å². The van der Waals surface area contributed by atoms with Gasteiger partial charge in [0.1, 0.15) is 25.6 Å². The molecule has 0 atom stereocenters. The number of ether oxygens (including phenoxy) is 3. The van der Waals surface area contributed by atoms with E-state index in [9.17, 15) is 4.79 Å². The van der Waals surface area contributed by atoms with Crippen LogP contribution >= 0.6 is 0 Å². The van der Waals surface area contributed by atoms with Crippen LogP contribution in [-0.2, 0) is 19.8 Å². The summed E-state index contributed by atoms with van der Waals surface area (Å²) in [6.07, 6.45) is 8.49. The van der Waals surface area contributed by atoms with Gasteiger partial charge in [-0.15, -0.1) is 0 Å². The predicted octanol–water partition coefficient (Wildman–Crippen LogP) is 8.08. The minimum absolute atomic E-state index is 0.193. The fourth-order valence-corrected chi connectivity index (χ4v) is 4.62. The maximum absolute atomic E-state index is 13.9. The van der Waals surface area contributed by atoms with Crippen LogP contribution in [0.25, 0.3) is 10.9 Å². The van der Waals surface area contributed by atoms with E-state index in [2.05, 4.69) is 13.5 Å². The van der Waals surface area contributed by atoms with E-state index in [1.54, 1.807) is 6.08 Å². The molecule has 0 saturated heterocycles. The molecular formula is C34H39NO4. The van der Waals surface area contributed by atoms with Gasteiger partial charge in [-0.2, -0.15) is 0 Å². The third-order valence-corrected chi connectivity index (χ3v) is 6.71. The van der Waals surface area contributed by atoms with Crippen molar-refractivity contribution in [2.24, 2.45) is 0 Å². The van der Waals surface area contributed by atoms with Gasteiger partial charge in [0.05, 0.1) is 5.52 Å². The number of nitrogens with zero attached hydrogens (tertiary/aromatic N) is 1. The van der Waals surface area contributed by atoms with Crippen LogP contribution in [0.4, 0.5) is 0 Å². The van der Waals surface area contributed by atoms with E-state index in [1.165, 1.54) is 25.7 Å². The Morgan fingerprint density at radius 3 is 2.05 bits per heavy atom. The number of aromatic nitrogens is 1. The van der Waals surface area contributed by atoms with Crippen molar-refractivity contribution in [2.45, 2.75) is 65.2 Å². The van der Waals surface area contributed by atoms with Gasteiger partial charge in [-0.25, -0.2) is 0 Å². The third-order valence-electron chi connectivity index (χ3n) is 6.71. The molecule has 3 aromatic carbocycles. The minimum Gasteiger partial charge on any atom is -0.489 e. The highest BCUT2D eigenvalue weighted by atomic mass is 16.5. The number of rotatable bonds is 16. The smallest absolute Gasteiger partial charge is 0.297 e. The van der Waals surface area contributed by atoms with Crippen LogP contribution in [0, 0.1) is 0 Å². The number of unbranched alkanes of at least 4 members (excludes halogenated alkanes) is 5. The molecule has 0 aliphatic heterocycles. The van der Waals surface area contributed by atoms with Gasteiger partial charge in [-0.1, -0.05) is 112 Å².